The van der Waals surface area contributed by atoms with E-state index in [4.69, 9.17) is 9.47 Å². The normalized spacial score (nSPS) is 28.0. The van der Waals surface area contributed by atoms with Crippen LogP contribution in [0.5, 0.6) is 0 Å². The van der Waals surface area contributed by atoms with Crippen LogP contribution >= 0.6 is 0 Å². The van der Waals surface area contributed by atoms with Crippen LogP contribution in [0.15, 0.2) is 48.6 Å². The molecule has 0 radical (unpaired) electrons. The number of carbonyl (C=O) groups is 4. The minimum absolute atomic E-state index is 0.0216. The Hall–Kier alpha value is -4.28. The highest BCUT2D eigenvalue weighted by Crippen LogP contribution is 2.57. The van der Waals surface area contributed by atoms with Crippen LogP contribution in [-0.4, -0.2) is 64.9 Å². The zero-order valence-corrected chi connectivity index (χ0v) is 27.5. The number of hydrogen-bond acceptors (Lipinski definition) is 7. The number of amides is 2. The quantitative estimate of drug-likeness (QED) is 0.299. The highest BCUT2D eigenvalue weighted by molar-refractivity contribution is 5.96. The van der Waals surface area contributed by atoms with E-state index in [1.165, 1.54) is 28.0 Å². The van der Waals surface area contributed by atoms with Gasteiger partial charge in [-0.2, -0.15) is 0 Å². The number of carbonyl (C=O) groups excluding carboxylic acids is 4. The van der Waals surface area contributed by atoms with Gasteiger partial charge >= 0.3 is 12.1 Å². The topological polar surface area (TPSA) is 105 Å². The number of benzene rings is 2. The van der Waals surface area contributed by atoms with Crippen molar-refractivity contribution < 1.29 is 37.4 Å². The summed E-state index contributed by atoms with van der Waals surface area (Å²) in [5.41, 5.74) is 1.31. The first-order chi connectivity index (χ1) is 23.1. The molecule has 0 spiro atoms. The molecule has 0 aromatic heterocycles. The molecular formula is C37H43F2N3O6. The third-order valence-corrected chi connectivity index (χ3v) is 10.1. The maximum atomic E-state index is 14.4. The van der Waals surface area contributed by atoms with Crippen LogP contribution in [-0.2, 0) is 36.9 Å². The van der Waals surface area contributed by atoms with Crippen LogP contribution in [0.25, 0.3) is 0 Å². The molecule has 11 heteroatoms. The molecule has 0 bridgehead atoms. The van der Waals surface area contributed by atoms with E-state index in [0.717, 1.165) is 25.7 Å². The zero-order valence-electron chi connectivity index (χ0n) is 27.5. The Morgan fingerprint density at radius 2 is 1.92 bits per heavy atom. The Labute approximate surface area is 279 Å². The van der Waals surface area contributed by atoms with Crippen LogP contribution in [0, 0.1) is 29.9 Å². The summed E-state index contributed by atoms with van der Waals surface area (Å²) in [5, 5.41) is 3.23. The van der Waals surface area contributed by atoms with Crippen molar-refractivity contribution in [3.8, 4) is 0 Å². The molecule has 2 aromatic rings. The van der Waals surface area contributed by atoms with Gasteiger partial charge in [0.05, 0.1) is 31.2 Å². The number of fused-ring (bicyclic) bond motifs is 3. The van der Waals surface area contributed by atoms with Crippen molar-refractivity contribution in [3.05, 3.63) is 76.9 Å². The molecule has 0 unspecified atom stereocenters. The lowest BCUT2D eigenvalue weighted by molar-refractivity contribution is -0.152. The van der Waals surface area contributed by atoms with Crippen LogP contribution < -0.4 is 5.32 Å². The minimum Gasteiger partial charge on any atom is -0.466 e. The van der Waals surface area contributed by atoms with Gasteiger partial charge in [0.1, 0.15) is 23.8 Å². The first-order valence-corrected chi connectivity index (χ1v) is 17.0. The SMILES string of the molecule is CCOC(=O)[C@]12CC(=O)[C@@H]3C[C@@H](OC(=O)N4Cc5cccc(F)c5C4)CN3C(=O)[C@@H](Nc3cc(C)cc(F)c3)CCCCC/C=C\[C@@H]1C2. The van der Waals surface area contributed by atoms with Crippen LogP contribution in [0.1, 0.15) is 75.0 Å². The number of ketones is 1. The number of esters is 1. The molecule has 5 atom stereocenters. The molecule has 256 valence electrons. The Balaban J connectivity index is 1.26. The number of aryl methyl sites for hydroxylation is 1. The van der Waals surface area contributed by atoms with Gasteiger partial charge < -0.3 is 19.7 Å². The fourth-order valence-corrected chi connectivity index (χ4v) is 7.48. The number of rotatable bonds is 5. The van der Waals surface area contributed by atoms with E-state index in [9.17, 15) is 28.0 Å². The standard InChI is InChI=1S/C37H43F2N3O6/c1-3-47-35(45)37-18-25(37)11-7-5-4-6-8-13-31(40-27-15-23(2)14-26(38)16-27)34(44)42-21-28(17-32(42)33(43)19-37)48-36(46)41-20-24-10-9-12-30(39)29(24)22-41/h7,9-12,14-16,25,28,31-32,40H,3-6,8,13,17-22H2,1-2H3/b11-7-/t25-,28-,31+,32+,37-/m1/s1. The summed E-state index contributed by atoms with van der Waals surface area (Å²) < 4.78 is 40.0. The second-order valence-corrected chi connectivity index (χ2v) is 13.6. The van der Waals surface area contributed by atoms with Gasteiger partial charge in [0.2, 0.25) is 5.91 Å². The summed E-state index contributed by atoms with van der Waals surface area (Å²) in [6.07, 6.45) is 6.81. The van der Waals surface area contributed by atoms with Crippen molar-refractivity contribution in [1.29, 1.82) is 0 Å². The van der Waals surface area contributed by atoms with Crippen LogP contribution in [0.2, 0.25) is 0 Å². The molecule has 1 saturated heterocycles. The van der Waals surface area contributed by atoms with Gasteiger partial charge in [0, 0.05) is 30.6 Å². The van der Waals surface area contributed by atoms with Gasteiger partial charge in [-0.3, -0.25) is 19.3 Å². The van der Waals surface area contributed by atoms with E-state index in [1.54, 1.807) is 32.0 Å². The Kier molecular flexibility index (Phi) is 9.85. The second-order valence-electron chi connectivity index (χ2n) is 13.6. The van der Waals surface area contributed by atoms with E-state index in [2.05, 4.69) is 11.4 Å². The molecule has 48 heavy (non-hydrogen) atoms. The van der Waals surface area contributed by atoms with Gasteiger partial charge in [-0.25, -0.2) is 13.6 Å². The van der Waals surface area contributed by atoms with Crippen molar-refractivity contribution >= 4 is 29.4 Å². The number of halogens is 2. The fourth-order valence-electron chi connectivity index (χ4n) is 7.48. The summed E-state index contributed by atoms with van der Waals surface area (Å²) in [7, 11) is 0. The molecule has 2 fully saturated rings. The molecule has 2 amide bonds. The molecule has 3 aliphatic heterocycles. The number of anilines is 1. The highest BCUT2D eigenvalue weighted by atomic mass is 19.1. The van der Waals surface area contributed by atoms with Crippen molar-refractivity contribution in [2.75, 3.05) is 18.5 Å². The average molecular weight is 664 g/mol. The summed E-state index contributed by atoms with van der Waals surface area (Å²) in [6.45, 7) is 3.92. The third kappa shape index (κ3) is 7.10. The predicted octanol–water partition coefficient (Wildman–Crippen LogP) is 6.22. The zero-order chi connectivity index (χ0) is 34.0. The Morgan fingerprint density at radius 3 is 2.69 bits per heavy atom. The highest BCUT2D eigenvalue weighted by Gasteiger charge is 2.61. The van der Waals surface area contributed by atoms with Gasteiger partial charge in [-0.05, 0) is 80.8 Å². The van der Waals surface area contributed by atoms with Gasteiger partial charge in [-0.1, -0.05) is 37.1 Å². The lowest BCUT2D eigenvalue weighted by atomic mass is 9.91. The monoisotopic (exact) mass is 663 g/mol. The molecule has 1 N–H and O–H groups in total. The van der Waals surface area contributed by atoms with E-state index >= 15 is 0 Å². The van der Waals surface area contributed by atoms with Crippen molar-refractivity contribution in [1.82, 2.24) is 9.80 Å². The number of hydrogen-bond donors (Lipinski definition) is 1. The molecule has 1 saturated carbocycles. The molecule has 2 aromatic carbocycles. The maximum Gasteiger partial charge on any atom is 0.410 e. The second kappa shape index (κ2) is 14.1. The van der Waals surface area contributed by atoms with Crippen molar-refractivity contribution in [2.24, 2.45) is 11.3 Å². The summed E-state index contributed by atoms with van der Waals surface area (Å²) in [6, 6.07) is 7.52. The smallest absolute Gasteiger partial charge is 0.410 e. The lowest BCUT2D eigenvalue weighted by Crippen LogP contribution is -2.48. The minimum atomic E-state index is -0.991. The van der Waals surface area contributed by atoms with Crippen LogP contribution in [0.3, 0.4) is 0 Å². The van der Waals surface area contributed by atoms with Crippen LogP contribution in [0.4, 0.5) is 19.3 Å². The van der Waals surface area contributed by atoms with Gasteiger partial charge in [0.25, 0.3) is 0 Å². The number of allylic oxidation sites excluding steroid dienone is 2. The molecule has 3 heterocycles. The number of ether oxygens (including phenoxy) is 2. The summed E-state index contributed by atoms with van der Waals surface area (Å²) in [5.74, 6) is -2.01. The first kappa shape index (κ1) is 33.6. The summed E-state index contributed by atoms with van der Waals surface area (Å²) >= 11 is 0. The Morgan fingerprint density at radius 1 is 1.08 bits per heavy atom. The predicted molar refractivity (Wildman–Crippen MR) is 174 cm³/mol. The molecule has 6 rings (SSSR count). The van der Waals surface area contributed by atoms with E-state index in [-0.39, 0.29) is 62.5 Å². The molecular weight excluding hydrogens is 620 g/mol. The van der Waals surface area contributed by atoms with Crippen molar-refractivity contribution in [3.63, 3.8) is 0 Å². The number of nitrogens with one attached hydrogen (secondary N) is 1. The van der Waals surface area contributed by atoms with Crippen molar-refractivity contribution in [2.45, 2.75) is 96.5 Å². The number of Topliss-reactive ketones (excluding diaryl/α,β-unsaturated/α-hetero) is 1. The maximum absolute atomic E-state index is 14.4. The summed E-state index contributed by atoms with van der Waals surface area (Å²) in [4.78, 5) is 58.0. The van der Waals surface area contributed by atoms with Gasteiger partial charge in [0.15, 0.2) is 5.78 Å². The van der Waals surface area contributed by atoms with Gasteiger partial charge in [-0.15, -0.1) is 0 Å². The molecule has 1 aliphatic carbocycles. The van der Waals surface area contributed by atoms with E-state index in [1.807, 2.05) is 6.08 Å². The molecule has 9 nitrogen and oxygen atoms in total. The first-order valence-electron chi connectivity index (χ1n) is 17.0. The van der Waals surface area contributed by atoms with E-state index < -0.39 is 41.5 Å². The fraction of sp³-hybridized carbons (Fsp3) is 0.514. The molecule has 4 aliphatic rings. The average Bonchev–Trinajstić information content (AvgIpc) is 3.33. The largest absolute Gasteiger partial charge is 0.466 e. The lowest BCUT2D eigenvalue weighted by Gasteiger charge is -2.30. The number of nitrogens with zero attached hydrogens (tertiary/aromatic N) is 2. The Bertz CT molecular complexity index is 1590. The van der Waals surface area contributed by atoms with E-state index in [0.29, 0.717) is 35.2 Å². The third-order valence-electron chi connectivity index (χ3n) is 10.1.